The summed E-state index contributed by atoms with van der Waals surface area (Å²) in [6.45, 7) is 6.80. The highest BCUT2D eigenvalue weighted by Gasteiger charge is 2.18. The van der Waals surface area contributed by atoms with Crippen molar-refractivity contribution < 1.29 is 4.52 Å². The van der Waals surface area contributed by atoms with Gasteiger partial charge in [0.2, 0.25) is 0 Å². The first kappa shape index (κ1) is 13.1. The summed E-state index contributed by atoms with van der Waals surface area (Å²) in [7, 11) is 0. The second-order valence-corrected chi connectivity index (χ2v) is 4.73. The minimum Gasteiger partial charge on any atom is -0.332 e. The first-order chi connectivity index (χ1) is 8.65. The summed E-state index contributed by atoms with van der Waals surface area (Å²) in [5.41, 5.74) is 1.77. The van der Waals surface area contributed by atoms with Gasteiger partial charge in [-0.25, -0.2) is 0 Å². The van der Waals surface area contributed by atoms with E-state index in [0.717, 1.165) is 30.8 Å². The molecule has 2 aromatic rings. The van der Waals surface area contributed by atoms with Gasteiger partial charge in [-0.05, 0) is 26.3 Å². The fourth-order valence-corrected chi connectivity index (χ4v) is 2.11. The van der Waals surface area contributed by atoms with Crippen LogP contribution in [0.4, 0.5) is 0 Å². The van der Waals surface area contributed by atoms with Gasteiger partial charge in [0.15, 0.2) is 5.82 Å². The van der Waals surface area contributed by atoms with Crippen molar-refractivity contribution in [2.75, 3.05) is 0 Å². The predicted octanol–water partition coefficient (Wildman–Crippen LogP) is 3.34. The van der Waals surface area contributed by atoms with E-state index in [1.807, 2.05) is 24.6 Å². The van der Waals surface area contributed by atoms with Crippen LogP contribution >= 0.6 is 11.6 Å². The van der Waals surface area contributed by atoms with E-state index in [2.05, 4.69) is 22.2 Å². The molecule has 2 heterocycles. The van der Waals surface area contributed by atoms with Gasteiger partial charge in [0.25, 0.3) is 5.89 Å². The predicted molar refractivity (Wildman–Crippen MR) is 69.4 cm³/mol. The van der Waals surface area contributed by atoms with Gasteiger partial charge in [0.1, 0.15) is 5.69 Å². The zero-order valence-electron chi connectivity index (χ0n) is 10.9. The third-order valence-electron chi connectivity index (χ3n) is 2.68. The smallest absolute Gasteiger partial charge is 0.276 e. The Labute approximate surface area is 111 Å². The van der Waals surface area contributed by atoms with Crippen LogP contribution in [0.15, 0.2) is 10.6 Å². The molecule has 1 unspecified atom stereocenters. The molecule has 0 saturated carbocycles. The Balaban J connectivity index is 2.28. The number of hydrogen-bond donors (Lipinski definition) is 0. The Hall–Kier alpha value is -1.36. The highest BCUT2D eigenvalue weighted by molar-refractivity contribution is 6.20. The van der Waals surface area contributed by atoms with Crippen LogP contribution in [0.1, 0.15) is 43.6 Å². The topological polar surface area (TPSA) is 56.7 Å². The van der Waals surface area contributed by atoms with Crippen molar-refractivity contribution in [2.45, 2.75) is 45.5 Å². The van der Waals surface area contributed by atoms with Gasteiger partial charge >= 0.3 is 0 Å². The molecule has 2 rings (SSSR count). The van der Waals surface area contributed by atoms with Crippen molar-refractivity contribution in [3.8, 4) is 11.6 Å². The summed E-state index contributed by atoms with van der Waals surface area (Å²) in [6.07, 6.45) is 1.83. The van der Waals surface area contributed by atoms with Crippen LogP contribution in [0.2, 0.25) is 0 Å². The van der Waals surface area contributed by atoms with Gasteiger partial charge in [-0.15, -0.1) is 11.6 Å². The zero-order valence-corrected chi connectivity index (χ0v) is 11.6. The number of halogens is 1. The highest BCUT2D eigenvalue weighted by Crippen LogP contribution is 2.26. The molecular weight excluding hydrogens is 252 g/mol. The van der Waals surface area contributed by atoms with E-state index in [1.165, 1.54) is 0 Å². The number of rotatable bonds is 5. The molecule has 98 valence electrons. The molecule has 0 aromatic carbocycles. The van der Waals surface area contributed by atoms with Gasteiger partial charge in [-0.2, -0.15) is 10.1 Å². The molecule has 6 heteroatoms. The summed E-state index contributed by atoms with van der Waals surface area (Å²) in [5, 5.41) is 8.10. The summed E-state index contributed by atoms with van der Waals surface area (Å²) in [4.78, 5) is 4.35. The lowest BCUT2D eigenvalue weighted by Crippen LogP contribution is -1.99. The Kier molecular flexibility index (Phi) is 4.01. The van der Waals surface area contributed by atoms with Gasteiger partial charge in [0, 0.05) is 6.54 Å². The minimum absolute atomic E-state index is 0.188. The van der Waals surface area contributed by atoms with E-state index in [1.54, 1.807) is 0 Å². The van der Waals surface area contributed by atoms with Crippen LogP contribution in [-0.2, 0) is 6.54 Å². The molecule has 2 aromatic heterocycles. The average molecular weight is 269 g/mol. The second-order valence-electron chi connectivity index (χ2n) is 4.20. The molecular formula is C12H17ClN4O. The van der Waals surface area contributed by atoms with E-state index in [0.29, 0.717) is 11.7 Å². The molecule has 0 saturated heterocycles. The Morgan fingerprint density at radius 1 is 1.44 bits per heavy atom. The SMILES string of the molecule is CCCC(Cl)c1noc(-c2cc(C)nn2CC)n1. The maximum atomic E-state index is 6.18. The lowest BCUT2D eigenvalue weighted by molar-refractivity contribution is 0.416. The maximum Gasteiger partial charge on any atom is 0.276 e. The third-order valence-corrected chi connectivity index (χ3v) is 3.10. The molecule has 0 aliphatic carbocycles. The number of hydrogen-bond acceptors (Lipinski definition) is 4. The van der Waals surface area contributed by atoms with Crippen LogP contribution in [0.5, 0.6) is 0 Å². The van der Waals surface area contributed by atoms with Crippen LogP contribution in [0.25, 0.3) is 11.6 Å². The standard InChI is InChI=1S/C12H17ClN4O/c1-4-6-9(13)11-14-12(18-16-11)10-7-8(3)15-17(10)5-2/h7,9H,4-6H2,1-3H3. The van der Waals surface area contributed by atoms with Crippen LogP contribution < -0.4 is 0 Å². The van der Waals surface area contributed by atoms with Gasteiger partial charge in [-0.3, -0.25) is 4.68 Å². The number of aromatic nitrogens is 4. The Morgan fingerprint density at radius 3 is 2.89 bits per heavy atom. The van der Waals surface area contributed by atoms with Gasteiger partial charge in [-0.1, -0.05) is 18.5 Å². The summed E-state index contributed by atoms with van der Waals surface area (Å²) in [6, 6.07) is 1.93. The molecule has 0 N–H and O–H groups in total. The first-order valence-electron chi connectivity index (χ1n) is 6.18. The number of alkyl halides is 1. The van der Waals surface area contributed by atoms with E-state index < -0.39 is 0 Å². The van der Waals surface area contributed by atoms with Crippen LogP contribution in [-0.4, -0.2) is 19.9 Å². The van der Waals surface area contributed by atoms with Crippen LogP contribution in [0, 0.1) is 6.92 Å². The second kappa shape index (κ2) is 5.52. The lowest BCUT2D eigenvalue weighted by atomic mass is 10.2. The highest BCUT2D eigenvalue weighted by atomic mass is 35.5. The van der Waals surface area contributed by atoms with Crippen molar-refractivity contribution in [3.63, 3.8) is 0 Å². The molecule has 0 aliphatic rings. The number of nitrogens with zero attached hydrogens (tertiary/aromatic N) is 4. The Bertz CT molecular complexity index is 520. The first-order valence-corrected chi connectivity index (χ1v) is 6.61. The van der Waals surface area contributed by atoms with Gasteiger partial charge in [0.05, 0.1) is 11.1 Å². The molecule has 1 atom stereocenters. The molecule has 0 radical (unpaired) electrons. The molecule has 0 fully saturated rings. The average Bonchev–Trinajstić information content (AvgIpc) is 2.95. The molecule has 5 nitrogen and oxygen atoms in total. The van der Waals surface area contributed by atoms with Crippen LogP contribution in [0.3, 0.4) is 0 Å². The fourth-order valence-electron chi connectivity index (χ4n) is 1.81. The maximum absolute atomic E-state index is 6.18. The van der Waals surface area contributed by atoms with Crippen molar-refractivity contribution >= 4 is 11.6 Å². The number of aryl methyl sites for hydroxylation is 2. The van der Waals surface area contributed by atoms with E-state index in [4.69, 9.17) is 16.1 Å². The molecule has 0 spiro atoms. The molecule has 0 aliphatic heterocycles. The molecule has 0 bridgehead atoms. The third kappa shape index (κ3) is 2.56. The Morgan fingerprint density at radius 2 is 2.22 bits per heavy atom. The zero-order chi connectivity index (χ0) is 13.1. The summed E-state index contributed by atoms with van der Waals surface area (Å²) >= 11 is 6.18. The monoisotopic (exact) mass is 268 g/mol. The van der Waals surface area contributed by atoms with Crippen molar-refractivity contribution in [2.24, 2.45) is 0 Å². The van der Waals surface area contributed by atoms with Crippen molar-refractivity contribution in [1.29, 1.82) is 0 Å². The molecule has 18 heavy (non-hydrogen) atoms. The van der Waals surface area contributed by atoms with E-state index in [-0.39, 0.29) is 5.38 Å². The summed E-state index contributed by atoms with van der Waals surface area (Å²) in [5.74, 6) is 1.03. The normalized spacial score (nSPS) is 12.9. The fraction of sp³-hybridized carbons (Fsp3) is 0.583. The quantitative estimate of drug-likeness (QED) is 0.781. The van der Waals surface area contributed by atoms with Crippen molar-refractivity contribution in [1.82, 2.24) is 19.9 Å². The van der Waals surface area contributed by atoms with Gasteiger partial charge < -0.3 is 4.52 Å². The van der Waals surface area contributed by atoms with E-state index in [9.17, 15) is 0 Å². The summed E-state index contributed by atoms with van der Waals surface area (Å²) < 4.78 is 7.11. The minimum atomic E-state index is -0.188. The molecule has 0 amide bonds. The lowest BCUT2D eigenvalue weighted by Gasteiger charge is -2.00. The largest absolute Gasteiger partial charge is 0.332 e. The van der Waals surface area contributed by atoms with E-state index >= 15 is 0 Å². The van der Waals surface area contributed by atoms with Crippen molar-refractivity contribution in [3.05, 3.63) is 17.6 Å².